The van der Waals surface area contributed by atoms with E-state index in [0.717, 1.165) is 0 Å². The molecule has 0 N–H and O–H groups in total. The summed E-state index contributed by atoms with van der Waals surface area (Å²) in [6, 6.07) is 0. The summed E-state index contributed by atoms with van der Waals surface area (Å²) in [6.45, 7) is 0. The van der Waals surface area contributed by atoms with E-state index in [1.807, 2.05) is 0 Å². The Morgan fingerprint density at radius 1 is 0.350 bits per heavy atom. The fourth-order valence-corrected chi connectivity index (χ4v) is 0.879. The second kappa shape index (κ2) is 14.2. The third kappa shape index (κ3) is 11.9. The van der Waals surface area contributed by atoms with Crippen LogP contribution in [0.3, 0.4) is 0 Å². The lowest BCUT2D eigenvalue weighted by Crippen LogP contribution is -1.97. The Morgan fingerprint density at radius 3 is 0.550 bits per heavy atom. The lowest BCUT2D eigenvalue weighted by atomic mass is 10.2. The molecule has 0 aromatic heterocycles. The minimum atomic E-state index is -0.121. The lowest BCUT2D eigenvalue weighted by Gasteiger charge is -1.87. The Balaban J connectivity index is -0.000000107. The van der Waals surface area contributed by atoms with Crippen LogP contribution in [0.15, 0.2) is 48.6 Å². The number of hydrogen-bond acceptors (Lipinski definition) is 4. The number of carbonyl (C=O) groups is 4. The number of halogens is 4. The van der Waals surface area contributed by atoms with Gasteiger partial charge in [0.25, 0.3) is 0 Å². The van der Waals surface area contributed by atoms with Gasteiger partial charge in [0.2, 0.25) is 0 Å². The zero-order chi connectivity index (χ0) is 12.0. The Hall–Kier alpha value is -1.20. The van der Waals surface area contributed by atoms with Crippen LogP contribution in [0.2, 0.25) is 0 Å². The molecule has 0 spiro atoms. The standard InChI is InChI=1S/2C6H4O2.4ClH/c2*7-5-1-2-6(8)4-3-5;;;;/h2*1-4H;4*1H. The molecule has 8 heteroatoms. The number of carbonyl (C=O) groups excluding carboxylic acids is 4. The molecule has 0 unspecified atom stereocenters. The van der Waals surface area contributed by atoms with Gasteiger partial charge in [0, 0.05) is 0 Å². The van der Waals surface area contributed by atoms with E-state index in [9.17, 15) is 19.2 Å². The summed E-state index contributed by atoms with van der Waals surface area (Å²) in [5.74, 6) is -0.483. The molecule has 0 saturated carbocycles. The predicted octanol–water partition coefficient (Wildman–Crippen LogP) is 2.19. The quantitative estimate of drug-likeness (QED) is 0.620. The van der Waals surface area contributed by atoms with Gasteiger partial charge in [-0.3, -0.25) is 19.2 Å². The molecule has 0 aliphatic heterocycles. The van der Waals surface area contributed by atoms with Crippen molar-refractivity contribution in [2.75, 3.05) is 0 Å². The summed E-state index contributed by atoms with van der Waals surface area (Å²) in [7, 11) is 0. The normalized spacial score (nSPS) is 14.0. The first-order chi connectivity index (χ1) is 7.58. The van der Waals surface area contributed by atoms with Gasteiger partial charge in [-0.1, -0.05) is 0 Å². The molecule has 0 heterocycles. The van der Waals surface area contributed by atoms with E-state index >= 15 is 0 Å². The number of allylic oxidation sites excluding steroid dienone is 8. The minimum Gasteiger partial charge on any atom is -0.290 e. The molecule has 0 bridgehead atoms. The monoisotopic (exact) mass is 360 g/mol. The van der Waals surface area contributed by atoms with E-state index in [1.165, 1.54) is 48.6 Å². The highest BCUT2D eigenvalue weighted by atomic mass is 35.5. The first kappa shape index (κ1) is 27.2. The Kier molecular flexibility index (Phi) is 19.3. The number of hydrogen-bond donors (Lipinski definition) is 0. The van der Waals surface area contributed by atoms with Crippen LogP contribution in [0.25, 0.3) is 0 Å². The number of rotatable bonds is 0. The highest BCUT2D eigenvalue weighted by Gasteiger charge is 1.98. The smallest absolute Gasteiger partial charge is 0.178 e. The molecule has 2 aliphatic rings. The van der Waals surface area contributed by atoms with E-state index < -0.39 is 0 Å². The third-order valence-electron chi connectivity index (χ3n) is 1.65. The van der Waals surface area contributed by atoms with Crippen molar-refractivity contribution in [1.82, 2.24) is 0 Å². The summed E-state index contributed by atoms with van der Waals surface area (Å²) in [5.41, 5.74) is 0. The van der Waals surface area contributed by atoms with Gasteiger partial charge in [0.1, 0.15) is 0 Å². The van der Waals surface area contributed by atoms with Gasteiger partial charge in [-0.25, -0.2) is 0 Å². The van der Waals surface area contributed by atoms with Crippen molar-refractivity contribution >= 4 is 72.8 Å². The van der Waals surface area contributed by atoms with E-state index in [4.69, 9.17) is 0 Å². The third-order valence-corrected chi connectivity index (χ3v) is 1.65. The van der Waals surface area contributed by atoms with E-state index in [1.54, 1.807) is 0 Å². The van der Waals surface area contributed by atoms with E-state index in [2.05, 4.69) is 0 Å². The van der Waals surface area contributed by atoms with Gasteiger partial charge in [0.15, 0.2) is 23.1 Å². The molecule has 0 atom stereocenters. The largest absolute Gasteiger partial charge is 0.290 e. The van der Waals surface area contributed by atoms with Gasteiger partial charge >= 0.3 is 0 Å². The van der Waals surface area contributed by atoms with Crippen molar-refractivity contribution in [2.45, 2.75) is 0 Å². The van der Waals surface area contributed by atoms with E-state index in [-0.39, 0.29) is 72.8 Å². The van der Waals surface area contributed by atoms with Crippen molar-refractivity contribution in [2.24, 2.45) is 0 Å². The van der Waals surface area contributed by atoms with Crippen LogP contribution in [-0.4, -0.2) is 23.1 Å². The highest BCUT2D eigenvalue weighted by molar-refractivity contribution is 6.14. The second-order valence-corrected chi connectivity index (χ2v) is 2.94. The molecule has 2 aliphatic carbocycles. The summed E-state index contributed by atoms with van der Waals surface area (Å²) >= 11 is 0. The highest BCUT2D eigenvalue weighted by Crippen LogP contribution is 1.91. The molecule has 0 amide bonds. The zero-order valence-electron chi connectivity index (χ0n) is 9.88. The molecule has 0 aromatic rings. The van der Waals surface area contributed by atoms with Crippen molar-refractivity contribution in [3.05, 3.63) is 48.6 Å². The molecular weight excluding hydrogens is 350 g/mol. The van der Waals surface area contributed by atoms with Crippen LogP contribution in [0.4, 0.5) is 0 Å². The predicted molar refractivity (Wildman–Crippen MR) is 85.6 cm³/mol. The van der Waals surface area contributed by atoms with Crippen LogP contribution in [0.1, 0.15) is 0 Å². The summed E-state index contributed by atoms with van der Waals surface area (Å²) in [5, 5.41) is 0. The van der Waals surface area contributed by atoms with Crippen LogP contribution < -0.4 is 0 Å². The fourth-order valence-electron chi connectivity index (χ4n) is 0.879. The Labute approximate surface area is 140 Å². The molecular formula is C12H12Cl4O4. The van der Waals surface area contributed by atoms with Crippen LogP contribution in [0, 0.1) is 0 Å². The molecule has 0 fully saturated rings. The molecule has 20 heavy (non-hydrogen) atoms. The van der Waals surface area contributed by atoms with Crippen LogP contribution in [0.5, 0.6) is 0 Å². The van der Waals surface area contributed by atoms with Gasteiger partial charge in [-0.2, -0.15) is 0 Å². The molecule has 0 saturated heterocycles. The van der Waals surface area contributed by atoms with Crippen LogP contribution in [-0.2, 0) is 19.2 Å². The van der Waals surface area contributed by atoms with Crippen molar-refractivity contribution in [1.29, 1.82) is 0 Å². The molecule has 112 valence electrons. The van der Waals surface area contributed by atoms with Crippen molar-refractivity contribution in [3.63, 3.8) is 0 Å². The van der Waals surface area contributed by atoms with Crippen molar-refractivity contribution < 1.29 is 19.2 Å². The van der Waals surface area contributed by atoms with E-state index in [0.29, 0.717) is 0 Å². The maximum atomic E-state index is 10.3. The summed E-state index contributed by atoms with van der Waals surface area (Å²) in [4.78, 5) is 41.1. The molecule has 4 nitrogen and oxygen atoms in total. The first-order valence-corrected chi connectivity index (χ1v) is 4.46. The van der Waals surface area contributed by atoms with Crippen molar-refractivity contribution in [3.8, 4) is 0 Å². The van der Waals surface area contributed by atoms with Crippen LogP contribution >= 0.6 is 49.6 Å². The molecule has 0 radical (unpaired) electrons. The lowest BCUT2D eigenvalue weighted by molar-refractivity contribution is -0.113. The maximum absolute atomic E-state index is 10.3. The molecule has 0 aromatic carbocycles. The first-order valence-electron chi connectivity index (χ1n) is 4.46. The van der Waals surface area contributed by atoms with Gasteiger partial charge < -0.3 is 0 Å². The van der Waals surface area contributed by atoms with Gasteiger partial charge in [-0.15, -0.1) is 49.6 Å². The zero-order valence-corrected chi connectivity index (χ0v) is 13.2. The fraction of sp³-hybridized carbons (Fsp3) is 0. The minimum absolute atomic E-state index is 0. The Morgan fingerprint density at radius 2 is 0.450 bits per heavy atom. The summed E-state index contributed by atoms with van der Waals surface area (Å²) in [6.07, 6.45) is 10.0. The maximum Gasteiger partial charge on any atom is 0.178 e. The number of ketones is 4. The van der Waals surface area contributed by atoms with Gasteiger partial charge in [-0.05, 0) is 48.6 Å². The van der Waals surface area contributed by atoms with Gasteiger partial charge in [0.05, 0.1) is 0 Å². The SMILES string of the molecule is Cl.Cl.Cl.Cl.O=C1C=CC(=O)C=C1.O=C1C=CC(=O)C=C1. The second-order valence-electron chi connectivity index (χ2n) is 2.94. The topological polar surface area (TPSA) is 68.3 Å². The summed E-state index contributed by atoms with van der Waals surface area (Å²) < 4.78 is 0. The Bertz CT molecular complexity index is 356. The average molecular weight is 362 g/mol. The average Bonchev–Trinajstić information content (AvgIpc) is 2.28. The molecule has 2 rings (SSSR count).